The van der Waals surface area contributed by atoms with Gasteiger partial charge in [0.15, 0.2) is 6.29 Å². The summed E-state index contributed by atoms with van der Waals surface area (Å²) in [5.74, 6) is -0.564. The number of rotatable bonds is 2. The molecule has 7 heteroatoms. The van der Waals surface area contributed by atoms with E-state index in [1.54, 1.807) is 27.5 Å². The van der Waals surface area contributed by atoms with E-state index in [2.05, 4.69) is 10.3 Å². The van der Waals surface area contributed by atoms with Gasteiger partial charge >= 0.3 is 0 Å². The van der Waals surface area contributed by atoms with Gasteiger partial charge in [0.05, 0.1) is 15.7 Å². The highest BCUT2D eigenvalue weighted by atomic mass is 127. The molecule has 5 nitrogen and oxygen atoms in total. The van der Waals surface area contributed by atoms with Gasteiger partial charge in [-0.05, 0) is 35.6 Å². The Labute approximate surface area is 117 Å². The van der Waals surface area contributed by atoms with Gasteiger partial charge in [-0.1, -0.05) is 0 Å². The van der Waals surface area contributed by atoms with Crippen molar-refractivity contribution in [2.75, 3.05) is 18.0 Å². The SMILES string of the molecule is CC1CN(c2nc(F)c(I)cc2C=O)CC(=O)N1. The summed E-state index contributed by atoms with van der Waals surface area (Å²) in [6, 6.07) is 1.37. The molecule has 1 aromatic heterocycles. The third-order valence-electron chi connectivity index (χ3n) is 2.60. The maximum absolute atomic E-state index is 13.5. The van der Waals surface area contributed by atoms with Crippen LogP contribution >= 0.6 is 22.6 Å². The Morgan fingerprint density at radius 2 is 2.39 bits per heavy atom. The number of aldehydes is 1. The Morgan fingerprint density at radius 3 is 3.00 bits per heavy atom. The summed E-state index contributed by atoms with van der Waals surface area (Å²) in [7, 11) is 0. The fourth-order valence-electron chi connectivity index (χ4n) is 1.91. The molecule has 0 bridgehead atoms. The Bertz CT molecular complexity index is 509. The molecule has 1 amide bonds. The molecule has 96 valence electrons. The van der Waals surface area contributed by atoms with Crippen LogP contribution in [0.1, 0.15) is 17.3 Å². The molecule has 0 saturated carbocycles. The first-order chi connectivity index (χ1) is 8.51. The van der Waals surface area contributed by atoms with E-state index in [-0.39, 0.29) is 27.9 Å². The molecule has 1 saturated heterocycles. The van der Waals surface area contributed by atoms with Crippen LogP contribution in [0.15, 0.2) is 6.07 Å². The van der Waals surface area contributed by atoms with E-state index in [9.17, 15) is 14.0 Å². The molecule has 0 aromatic carbocycles. The average molecular weight is 363 g/mol. The van der Waals surface area contributed by atoms with E-state index in [0.717, 1.165) is 0 Å². The molecule has 1 aliphatic heterocycles. The molecule has 1 atom stereocenters. The zero-order valence-electron chi connectivity index (χ0n) is 9.61. The van der Waals surface area contributed by atoms with Crippen molar-refractivity contribution in [2.45, 2.75) is 13.0 Å². The second-order valence-electron chi connectivity index (χ2n) is 4.14. The molecule has 1 fully saturated rings. The highest BCUT2D eigenvalue weighted by molar-refractivity contribution is 14.1. The third kappa shape index (κ3) is 2.60. The highest BCUT2D eigenvalue weighted by Crippen LogP contribution is 2.22. The van der Waals surface area contributed by atoms with Gasteiger partial charge in [-0.15, -0.1) is 0 Å². The quantitative estimate of drug-likeness (QED) is 0.483. The Hall–Kier alpha value is -1.25. The number of halogens is 2. The molecule has 0 radical (unpaired) electrons. The number of aromatic nitrogens is 1. The second-order valence-corrected chi connectivity index (χ2v) is 5.30. The van der Waals surface area contributed by atoms with Crippen molar-refractivity contribution in [3.05, 3.63) is 21.1 Å². The summed E-state index contributed by atoms with van der Waals surface area (Å²) in [5.41, 5.74) is 0.294. The van der Waals surface area contributed by atoms with Gasteiger partial charge in [-0.2, -0.15) is 4.39 Å². The lowest BCUT2D eigenvalue weighted by molar-refractivity contribution is -0.121. The topological polar surface area (TPSA) is 62.3 Å². The first-order valence-electron chi connectivity index (χ1n) is 5.36. The molecule has 18 heavy (non-hydrogen) atoms. The Kier molecular flexibility index (Phi) is 3.79. The van der Waals surface area contributed by atoms with Gasteiger partial charge < -0.3 is 10.2 Å². The van der Waals surface area contributed by atoms with Crippen LogP contribution in [0.3, 0.4) is 0 Å². The maximum Gasteiger partial charge on any atom is 0.239 e. The smallest absolute Gasteiger partial charge is 0.239 e. The van der Waals surface area contributed by atoms with Crippen molar-refractivity contribution in [1.29, 1.82) is 0 Å². The zero-order valence-corrected chi connectivity index (χ0v) is 11.8. The lowest BCUT2D eigenvalue weighted by Crippen LogP contribution is -2.53. The number of anilines is 1. The van der Waals surface area contributed by atoms with Crippen molar-refractivity contribution < 1.29 is 14.0 Å². The van der Waals surface area contributed by atoms with Gasteiger partial charge in [0.25, 0.3) is 0 Å². The minimum Gasteiger partial charge on any atom is -0.350 e. The van der Waals surface area contributed by atoms with Crippen LogP contribution in [-0.4, -0.2) is 36.3 Å². The van der Waals surface area contributed by atoms with Crippen LogP contribution in [0.2, 0.25) is 0 Å². The predicted octanol–water partition coefficient (Wildman–Crippen LogP) is 0.962. The summed E-state index contributed by atoms with van der Waals surface area (Å²) in [4.78, 5) is 27.8. The molecule has 2 heterocycles. The van der Waals surface area contributed by atoms with Gasteiger partial charge in [0.2, 0.25) is 11.9 Å². The van der Waals surface area contributed by atoms with Gasteiger partial charge in [0, 0.05) is 12.6 Å². The Morgan fingerprint density at radius 1 is 1.67 bits per heavy atom. The predicted molar refractivity (Wildman–Crippen MR) is 72.1 cm³/mol. The number of pyridine rings is 1. The fourth-order valence-corrected chi connectivity index (χ4v) is 2.36. The first-order valence-corrected chi connectivity index (χ1v) is 6.44. The van der Waals surface area contributed by atoms with Crippen molar-refractivity contribution in [2.24, 2.45) is 0 Å². The number of nitrogens with one attached hydrogen (secondary N) is 1. The molecule has 1 aromatic rings. The number of hydrogen-bond acceptors (Lipinski definition) is 4. The molecule has 0 spiro atoms. The summed E-state index contributed by atoms with van der Waals surface area (Å²) in [6.45, 7) is 2.42. The number of hydrogen-bond donors (Lipinski definition) is 1. The lowest BCUT2D eigenvalue weighted by atomic mass is 10.2. The van der Waals surface area contributed by atoms with E-state index in [1.807, 2.05) is 6.92 Å². The normalized spacial score (nSPS) is 19.6. The third-order valence-corrected chi connectivity index (χ3v) is 3.36. The van der Waals surface area contributed by atoms with E-state index < -0.39 is 5.95 Å². The lowest BCUT2D eigenvalue weighted by Gasteiger charge is -2.32. The van der Waals surface area contributed by atoms with Crippen LogP contribution in [0.5, 0.6) is 0 Å². The van der Waals surface area contributed by atoms with Crippen LogP contribution in [0.25, 0.3) is 0 Å². The van der Waals surface area contributed by atoms with Crippen molar-refractivity contribution in [3.63, 3.8) is 0 Å². The van der Waals surface area contributed by atoms with E-state index in [4.69, 9.17) is 0 Å². The van der Waals surface area contributed by atoms with E-state index in [0.29, 0.717) is 18.4 Å². The van der Waals surface area contributed by atoms with Crippen LogP contribution in [0.4, 0.5) is 10.2 Å². The van der Waals surface area contributed by atoms with E-state index >= 15 is 0 Å². The fraction of sp³-hybridized carbons (Fsp3) is 0.364. The largest absolute Gasteiger partial charge is 0.350 e. The standard InChI is InChI=1S/C11H11FIN3O2/c1-6-3-16(4-9(18)14-6)11-7(5-17)2-8(13)10(12)15-11/h2,5-6H,3-4H2,1H3,(H,14,18). The number of amides is 1. The number of piperazine rings is 1. The molecule has 2 rings (SSSR count). The molecular weight excluding hydrogens is 352 g/mol. The maximum atomic E-state index is 13.5. The van der Waals surface area contributed by atoms with Gasteiger partial charge in [-0.25, -0.2) is 4.98 Å². The van der Waals surface area contributed by atoms with Gasteiger partial charge in [-0.3, -0.25) is 9.59 Å². The first kappa shape index (κ1) is 13.2. The van der Waals surface area contributed by atoms with Crippen LogP contribution in [0, 0.1) is 9.52 Å². The molecular formula is C11H11FIN3O2. The van der Waals surface area contributed by atoms with Crippen molar-refractivity contribution in [3.8, 4) is 0 Å². The summed E-state index contributed by atoms with van der Waals surface area (Å²) in [5, 5.41) is 2.75. The summed E-state index contributed by atoms with van der Waals surface area (Å²) >= 11 is 1.77. The molecule has 1 unspecified atom stereocenters. The van der Waals surface area contributed by atoms with E-state index in [1.165, 1.54) is 6.07 Å². The highest BCUT2D eigenvalue weighted by Gasteiger charge is 2.25. The Balaban J connectivity index is 2.40. The van der Waals surface area contributed by atoms with Crippen LogP contribution in [-0.2, 0) is 4.79 Å². The summed E-state index contributed by atoms with van der Waals surface area (Å²) < 4.78 is 13.8. The molecule has 0 aliphatic carbocycles. The summed E-state index contributed by atoms with van der Waals surface area (Å²) in [6.07, 6.45) is 0.626. The zero-order chi connectivity index (χ0) is 13.3. The minimum absolute atomic E-state index is 0.0603. The minimum atomic E-state index is -0.630. The number of carbonyl (C=O) groups is 2. The molecule has 1 aliphatic rings. The number of carbonyl (C=O) groups excluding carboxylic acids is 2. The van der Waals surface area contributed by atoms with Crippen molar-refractivity contribution >= 4 is 40.6 Å². The molecule has 1 N–H and O–H groups in total. The second kappa shape index (κ2) is 5.17. The monoisotopic (exact) mass is 363 g/mol. The average Bonchev–Trinajstić information content (AvgIpc) is 2.30. The van der Waals surface area contributed by atoms with Gasteiger partial charge in [0.1, 0.15) is 5.82 Å². The van der Waals surface area contributed by atoms with Crippen LogP contribution < -0.4 is 10.2 Å². The van der Waals surface area contributed by atoms with Crippen molar-refractivity contribution in [1.82, 2.24) is 10.3 Å². The number of nitrogens with zero attached hydrogens (tertiary/aromatic N) is 2.